The Kier molecular flexibility index (Phi) is 3.62. The van der Waals surface area contributed by atoms with Crippen molar-refractivity contribution in [2.24, 2.45) is 0 Å². The van der Waals surface area contributed by atoms with Crippen molar-refractivity contribution in [3.05, 3.63) is 34.6 Å². The van der Waals surface area contributed by atoms with E-state index in [9.17, 15) is 22.0 Å². The highest BCUT2D eigenvalue weighted by Gasteiger charge is 2.24. The highest BCUT2D eigenvalue weighted by molar-refractivity contribution is 5.23. The van der Waals surface area contributed by atoms with Crippen LogP contribution in [0.2, 0.25) is 0 Å². The Hall–Kier alpha value is -1.17. The topological polar surface area (TPSA) is 12.0 Å². The molecular weight excluding hydrogens is 217 g/mol. The summed E-state index contributed by atoms with van der Waals surface area (Å²) in [6, 6.07) is 0. The van der Waals surface area contributed by atoms with Gasteiger partial charge < -0.3 is 5.32 Å². The summed E-state index contributed by atoms with van der Waals surface area (Å²) in [7, 11) is 0. The maximum atomic E-state index is 13.0. The van der Waals surface area contributed by atoms with Crippen molar-refractivity contribution in [2.75, 3.05) is 6.54 Å². The minimum atomic E-state index is -2.13. The lowest BCUT2D eigenvalue weighted by Crippen LogP contribution is -2.17. The first-order chi connectivity index (χ1) is 7.00. The summed E-state index contributed by atoms with van der Waals surface area (Å²) in [5, 5.41) is 2.48. The molecule has 0 aliphatic carbocycles. The third-order valence-corrected chi connectivity index (χ3v) is 1.85. The van der Waals surface area contributed by atoms with E-state index in [-0.39, 0.29) is 0 Å². The van der Waals surface area contributed by atoms with Crippen LogP contribution < -0.4 is 5.32 Å². The quantitative estimate of drug-likeness (QED) is 0.473. The molecule has 0 aromatic heterocycles. The Morgan fingerprint density at radius 3 is 1.60 bits per heavy atom. The molecule has 1 nitrogen and oxygen atoms in total. The molecular formula is C9H8F5N. The normalized spacial score (nSPS) is 10.8. The monoisotopic (exact) mass is 225 g/mol. The van der Waals surface area contributed by atoms with Crippen molar-refractivity contribution in [1.82, 2.24) is 5.32 Å². The Balaban J connectivity index is 3.26. The van der Waals surface area contributed by atoms with Crippen molar-refractivity contribution in [3.8, 4) is 0 Å². The molecule has 0 radical (unpaired) electrons. The summed E-state index contributed by atoms with van der Waals surface area (Å²) in [4.78, 5) is 0. The molecule has 1 rings (SSSR count). The number of hydrogen-bond acceptors (Lipinski definition) is 1. The molecule has 0 saturated heterocycles. The first-order valence-electron chi connectivity index (χ1n) is 4.21. The fraction of sp³-hybridized carbons (Fsp3) is 0.333. The van der Waals surface area contributed by atoms with E-state index in [2.05, 4.69) is 5.32 Å². The predicted octanol–water partition coefficient (Wildman–Crippen LogP) is 2.49. The molecule has 84 valence electrons. The van der Waals surface area contributed by atoms with Crippen LogP contribution in [0.5, 0.6) is 0 Å². The zero-order valence-corrected chi connectivity index (χ0v) is 7.80. The van der Waals surface area contributed by atoms with Crippen LogP contribution in [0.4, 0.5) is 22.0 Å². The van der Waals surface area contributed by atoms with Crippen molar-refractivity contribution >= 4 is 0 Å². The molecule has 0 saturated carbocycles. The number of rotatable bonds is 3. The predicted molar refractivity (Wildman–Crippen MR) is 43.6 cm³/mol. The Bertz CT molecular complexity index is 348. The zero-order valence-electron chi connectivity index (χ0n) is 7.80. The molecule has 0 aliphatic heterocycles. The Labute approximate surface area is 82.9 Å². The number of benzene rings is 1. The highest BCUT2D eigenvalue weighted by Crippen LogP contribution is 2.22. The molecule has 0 aliphatic rings. The number of nitrogens with one attached hydrogen (secondary N) is 1. The van der Waals surface area contributed by atoms with Gasteiger partial charge in [0.2, 0.25) is 5.82 Å². The fourth-order valence-corrected chi connectivity index (χ4v) is 1.06. The van der Waals surface area contributed by atoms with Gasteiger partial charge in [0, 0.05) is 12.1 Å². The average molecular weight is 225 g/mol. The lowest BCUT2D eigenvalue weighted by atomic mass is 10.1. The summed E-state index contributed by atoms with van der Waals surface area (Å²) >= 11 is 0. The van der Waals surface area contributed by atoms with Gasteiger partial charge in [0.25, 0.3) is 0 Å². The third kappa shape index (κ3) is 2.09. The first kappa shape index (κ1) is 11.9. The van der Waals surface area contributed by atoms with E-state index in [1.54, 1.807) is 6.92 Å². The second-order valence-corrected chi connectivity index (χ2v) is 2.83. The summed E-state index contributed by atoms with van der Waals surface area (Å²) in [6.45, 7) is 1.60. The Morgan fingerprint density at radius 2 is 1.20 bits per heavy atom. The minimum Gasteiger partial charge on any atom is -0.313 e. The summed E-state index contributed by atoms with van der Waals surface area (Å²) in [5.74, 6) is -9.53. The van der Waals surface area contributed by atoms with Gasteiger partial charge in [0.15, 0.2) is 23.3 Å². The molecule has 15 heavy (non-hydrogen) atoms. The lowest BCUT2D eigenvalue weighted by molar-refractivity contribution is 0.367. The van der Waals surface area contributed by atoms with E-state index in [0.29, 0.717) is 6.54 Å². The molecule has 0 atom stereocenters. The second kappa shape index (κ2) is 4.57. The maximum Gasteiger partial charge on any atom is 0.200 e. The van der Waals surface area contributed by atoms with E-state index in [1.165, 1.54) is 0 Å². The van der Waals surface area contributed by atoms with Crippen molar-refractivity contribution in [1.29, 1.82) is 0 Å². The molecule has 1 aromatic carbocycles. The van der Waals surface area contributed by atoms with E-state index < -0.39 is 41.2 Å². The number of halogens is 5. The van der Waals surface area contributed by atoms with Gasteiger partial charge in [0.05, 0.1) is 0 Å². The standard InChI is InChI=1S/C9H8F5N/c1-2-15-3-4-5(10)7(12)9(14)8(13)6(4)11/h15H,2-3H2,1H3. The van der Waals surface area contributed by atoms with Gasteiger partial charge in [-0.25, -0.2) is 22.0 Å². The summed E-state index contributed by atoms with van der Waals surface area (Å²) in [5.41, 5.74) is -0.840. The zero-order chi connectivity index (χ0) is 11.6. The van der Waals surface area contributed by atoms with Crippen molar-refractivity contribution in [3.63, 3.8) is 0 Å². The molecule has 0 amide bonds. The molecule has 0 fully saturated rings. The van der Waals surface area contributed by atoms with Crippen molar-refractivity contribution in [2.45, 2.75) is 13.5 Å². The molecule has 6 heteroatoms. The van der Waals surface area contributed by atoms with Gasteiger partial charge >= 0.3 is 0 Å². The van der Waals surface area contributed by atoms with E-state index in [1.807, 2.05) is 0 Å². The average Bonchev–Trinajstić information content (AvgIpc) is 2.24. The van der Waals surface area contributed by atoms with Crippen LogP contribution in [0.1, 0.15) is 12.5 Å². The van der Waals surface area contributed by atoms with Crippen LogP contribution in [0.3, 0.4) is 0 Å². The first-order valence-corrected chi connectivity index (χ1v) is 4.21. The summed E-state index contributed by atoms with van der Waals surface area (Å²) < 4.78 is 63.8. The SMILES string of the molecule is CCNCc1c(F)c(F)c(F)c(F)c1F. The molecule has 1 N–H and O–H groups in total. The van der Waals surface area contributed by atoms with Crippen LogP contribution in [0, 0.1) is 29.1 Å². The molecule has 1 aromatic rings. The van der Waals surface area contributed by atoms with Crippen LogP contribution in [0.25, 0.3) is 0 Å². The molecule has 0 unspecified atom stereocenters. The van der Waals surface area contributed by atoms with Crippen LogP contribution in [-0.4, -0.2) is 6.54 Å². The van der Waals surface area contributed by atoms with Gasteiger partial charge in [-0.1, -0.05) is 6.92 Å². The number of hydrogen-bond donors (Lipinski definition) is 1. The molecule has 0 heterocycles. The summed E-state index contributed by atoms with van der Waals surface area (Å²) in [6.07, 6.45) is 0. The second-order valence-electron chi connectivity index (χ2n) is 2.83. The maximum absolute atomic E-state index is 13.0. The van der Waals surface area contributed by atoms with E-state index >= 15 is 0 Å². The van der Waals surface area contributed by atoms with Gasteiger partial charge in [-0.2, -0.15) is 0 Å². The Morgan fingerprint density at radius 1 is 0.800 bits per heavy atom. The largest absolute Gasteiger partial charge is 0.313 e. The van der Waals surface area contributed by atoms with Gasteiger partial charge in [0.1, 0.15) is 0 Å². The molecule has 0 bridgehead atoms. The van der Waals surface area contributed by atoms with Crippen LogP contribution in [-0.2, 0) is 6.54 Å². The molecule has 0 spiro atoms. The van der Waals surface area contributed by atoms with Gasteiger partial charge in [-0.05, 0) is 6.54 Å². The van der Waals surface area contributed by atoms with Crippen molar-refractivity contribution < 1.29 is 22.0 Å². The lowest BCUT2D eigenvalue weighted by Gasteiger charge is -2.07. The van der Waals surface area contributed by atoms with Gasteiger partial charge in [-0.15, -0.1) is 0 Å². The third-order valence-electron chi connectivity index (χ3n) is 1.85. The minimum absolute atomic E-state index is 0.361. The van der Waals surface area contributed by atoms with Gasteiger partial charge in [-0.3, -0.25) is 0 Å². The van der Waals surface area contributed by atoms with E-state index in [0.717, 1.165) is 0 Å². The smallest absolute Gasteiger partial charge is 0.200 e. The van der Waals surface area contributed by atoms with Crippen LogP contribution >= 0.6 is 0 Å². The van der Waals surface area contributed by atoms with Crippen LogP contribution in [0.15, 0.2) is 0 Å². The highest BCUT2D eigenvalue weighted by atomic mass is 19.2. The fourth-order valence-electron chi connectivity index (χ4n) is 1.06. The van der Waals surface area contributed by atoms with E-state index in [4.69, 9.17) is 0 Å².